The molecule has 6 heteroatoms. The Labute approximate surface area is 121 Å². The predicted molar refractivity (Wildman–Crippen MR) is 79.1 cm³/mol. The van der Waals surface area contributed by atoms with Crippen LogP contribution in [0.5, 0.6) is 0 Å². The van der Waals surface area contributed by atoms with Gasteiger partial charge in [-0.3, -0.25) is 10.1 Å². The van der Waals surface area contributed by atoms with Crippen LogP contribution >= 0.6 is 11.6 Å². The van der Waals surface area contributed by atoms with Crippen molar-refractivity contribution in [3.8, 4) is 0 Å². The molecule has 2 rings (SSSR count). The Kier molecular flexibility index (Phi) is 4.20. The molecule has 0 fully saturated rings. The Hall–Kier alpha value is -2.14. The lowest BCUT2D eigenvalue weighted by Gasteiger charge is -2.11. The summed E-state index contributed by atoms with van der Waals surface area (Å²) in [4.78, 5) is 14.5. The van der Waals surface area contributed by atoms with E-state index in [1.54, 1.807) is 25.3 Å². The minimum atomic E-state index is -0.374. The minimum Gasteiger partial charge on any atom is -0.378 e. The quantitative estimate of drug-likeness (QED) is 0.527. The Balaban J connectivity index is 2.19. The molecule has 1 aromatic heterocycles. The van der Waals surface area contributed by atoms with Crippen molar-refractivity contribution in [2.45, 2.75) is 20.4 Å². The maximum absolute atomic E-state index is 10.9. The van der Waals surface area contributed by atoms with Crippen molar-refractivity contribution in [2.75, 3.05) is 5.32 Å². The second-order valence-corrected chi connectivity index (χ2v) is 4.88. The first kappa shape index (κ1) is 14.3. The van der Waals surface area contributed by atoms with Gasteiger partial charge in [0.1, 0.15) is 0 Å². The van der Waals surface area contributed by atoms with E-state index in [9.17, 15) is 10.1 Å². The first-order chi connectivity index (χ1) is 9.49. The topological polar surface area (TPSA) is 68.1 Å². The van der Waals surface area contributed by atoms with Crippen molar-refractivity contribution in [1.82, 2.24) is 4.98 Å². The lowest BCUT2D eigenvalue weighted by Crippen LogP contribution is -2.03. The number of hydrogen-bond donors (Lipinski definition) is 1. The maximum Gasteiger partial charge on any atom is 0.272 e. The lowest BCUT2D eigenvalue weighted by molar-refractivity contribution is -0.385. The SMILES string of the molecule is Cc1ccc(CNc2c(C)ccnc2Cl)cc1[N+](=O)[O-]. The number of hydrogen-bond acceptors (Lipinski definition) is 4. The van der Waals surface area contributed by atoms with Gasteiger partial charge in [-0.15, -0.1) is 0 Å². The van der Waals surface area contributed by atoms with E-state index in [2.05, 4.69) is 10.3 Å². The Bertz CT molecular complexity index is 639. The fourth-order valence-electron chi connectivity index (χ4n) is 1.89. The van der Waals surface area contributed by atoms with Gasteiger partial charge in [-0.05, 0) is 31.0 Å². The van der Waals surface area contributed by atoms with Gasteiger partial charge >= 0.3 is 0 Å². The molecule has 0 spiro atoms. The number of anilines is 1. The number of nitrogens with one attached hydrogen (secondary N) is 1. The molecule has 1 aromatic carbocycles. The van der Waals surface area contributed by atoms with Crippen molar-refractivity contribution in [1.29, 1.82) is 0 Å². The molecule has 1 heterocycles. The van der Waals surface area contributed by atoms with Crippen LogP contribution in [0.4, 0.5) is 11.4 Å². The zero-order valence-electron chi connectivity index (χ0n) is 11.2. The van der Waals surface area contributed by atoms with Crippen LogP contribution in [0.3, 0.4) is 0 Å². The van der Waals surface area contributed by atoms with E-state index in [1.807, 2.05) is 19.1 Å². The van der Waals surface area contributed by atoms with E-state index < -0.39 is 0 Å². The molecule has 0 amide bonds. The highest BCUT2D eigenvalue weighted by Crippen LogP contribution is 2.24. The number of nitro benzene ring substituents is 1. The molecule has 0 bridgehead atoms. The van der Waals surface area contributed by atoms with E-state index in [0.717, 1.165) is 16.8 Å². The first-order valence-corrected chi connectivity index (χ1v) is 6.45. The number of rotatable bonds is 4. The number of halogens is 1. The monoisotopic (exact) mass is 291 g/mol. The number of aryl methyl sites for hydroxylation is 2. The number of nitrogens with zero attached hydrogens (tertiary/aromatic N) is 2. The number of nitro groups is 1. The number of pyridine rings is 1. The molecule has 0 unspecified atom stereocenters. The first-order valence-electron chi connectivity index (χ1n) is 6.08. The average molecular weight is 292 g/mol. The largest absolute Gasteiger partial charge is 0.378 e. The third-order valence-electron chi connectivity index (χ3n) is 3.05. The molecule has 1 N–H and O–H groups in total. The molecule has 0 radical (unpaired) electrons. The molecule has 104 valence electrons. The molecule has 0 saturated heterocycles. The standard InChI is InChI=1S/C14H14ClN3O2/c1-9-3-4-11(7-12(9)18(19)20)8-17-13-10(2)5-6-16-14(13)15/h3-7,17H,8H2,1-2H3. The third-order valence-corrected chi connectivity index (χ3v) is 3.34. The summed E-state index contributed by atoms with van der Waals surface area (Å²) in [6.45, 7) is 4.10. The lowest BCUT2D eigenvalue weighted by atomic mass is 10.1. The van der Waals surface area contributed by atoms with Crippen molar-refractivity contribution < 1.29 is 4.92 Å². The van der Waals surface area contributed by atoms with E-state index in [1.165, 1.54) is 0 Å². The van der Waals surface area contributed by atoms with Crippen LogP contribution in [0, 0.1) is 24.0 Å². The zero-order chi connectivity index (χ0) is 14.7. The van der Waals surface area contributed by atoms with Crippen molar-refractivity contribution in [2.24, 2.45) is 0 Å². The molecule has 20 heavy (non-hydrogen) atoms. The van der Waals surface area contributed by atoms with Crippen LogP contribution in [-0.2, 0) is 6.54 Å². The second-order valence-electron chi connectivity index (χ2n) is 4.53. The zero-order valence-corrected chi connectivity index (χ0v) is 11.9. The Morgan fingerprint density at radius 1 is 1.30 bits per heavy atom. The number of benzene rings is 1. The Morgan fingerprint density at radius 3 is 2.70 bits per heavy atom. The van der Waals surface area contributed by atoms with Gasteiger partial charge in [0, 0.05) is 24.4 Å². The summed E-state index contributed by atoms with van der Waals surface area (Å²) < 4.78 is 0. The third kappa shape index (κ3) is 3.05. The fraction of sp³-hybridized carbons (Fsp3) is 0.214. The molecular formula is C14H14ClN3O2. The highest BCUT2D eigenvalue weighted by Gasteiger charge is 2.11. The van der Waals surface area contributed by atoms with Crippen LogP contribution in [-0.4, -0.2) is 9.91 Å². The van der Waals surface area contributed by atoms with Crippen LogP contribution in [0.25, 0.3) is 0 Å². The van der Waals surface area contributed by atoms with Crippen molar-refractivity contribution in [3.63, 3.8) is 0 Å². The second kappa shape index (κ2) is 5.88. The van der Waals surface area contributed by atoms with Gasteiger partial charge < -0.3 is 5.32 Å². The van der Waals surface area contributed by atoms with E-state index in [4.69, 9.17) is 11.6 Å². The summed E-state index contributed by atoms with van der Waals surface area (Å²) >= 11 is 6.02. The van der Waals surface area contributed by atoms with Gasteiger partial charge in [0.25, 0.3) is 5.69 Å². The van der Waals surface area contributed by atoms with Crippen molar-refractivity contribution in [3.05, 3.63) is 62.4 Å². The molecule has 0 aliphatic carbocycles. The van der Waals surface area contributed by atoms with Crippen LogP contribution in [0.15, 0.2) is 30.5 Å². The summed E-state index contributed by atoms with van der Waals surface area (Å²) in [5.41, 5.74) is 3.32. The normalized spacial score (nSPS) is 10.3. The summed E-state index contributed by atoms with van der Waals surface area (Å²) in [5, 5.41) is 14.5. The van der Waals surface area contributed by atoms with Gasteiger partial charge in [0.15, 0.2) is 5.15 Å². The average Bonchev–Trinajstić information content (AvgIpc) is 2.39. The van der Waals surface area contributed by atoms with E-state index in [0.29, 0.717) is 17.3 Å². The molecular weight excluding hydrogens is 278 g/mol. The van der Waals surface area contributed by atoms with E-state index >= 15 is 0 Å². The van der Waals surface area contributed by atoms with Crippen LogP contribution in [0.1, 0.15) is 16.7 Å². The van der Waals surface area contributed by atoms with Crippen LogP contribution < -0.4 is 5.32 Å². The summed E-state index contributed by atoms with van der Waals surface area (Å²) in [6, 6.07) is 7.02. The highest BCUT2D eigenvalue weighted by molar-refractivity contribution is 6.32. The maximum atomic E-state index is 10.9. The number of aromatic nitrogens is 1. The fourth-order valence-corrected chi connectivity index (χ4v) is 2.16. The molecule has 0 aliphatic heterocycles. The van der Waals surface area contributed by atoms with Gasteiger partial charge in [-0.25, -0.2) is 4.98 Å². The summed E-state index contributed by atoms with van der Waals surface area (Å²) in [7, 11) is 0. The van der Waals surface area contributed by atoms with Gasteiger partial charge in [-0.1, -0.05) is 23.7 Å². The molecule has 2 aromatic rings. The smallest absolute Gasteiger partial charge is 0.272 e. The van der Waals surface area contributed by atoms with Gasteiger partial charge in [0.2, 0.25) is 0 Å². The highest BCUT2D eigenvalue weighted by atomic mass is 35.5. The molecule has 0 saturated carbocycles. The summed E-state index contributed by atoms with van der Waals surface area (Å²) in [6.07, 6.45) is 1.64. The van der Waals surface area contributed by atoms with Crippen LogP contribution in [0.2, 0.25) is 5.15 Å². The molecule has 5 nitrogen and oxygen atoms in total. The van der Waals surface area contributed by atoms with E-state index in [-0.39, 0.29) is 10.6 Å². The van der Waals surface area contributed by atoms with Gasteiger partial charge in [0.05, 0.1) is 10.6 Å². The van der Waals surface area contributed by atoms with Gasteiger partial charge in [-0.2, -0.15) is 0 Å². The Morgan fingerprint density at radius 2 is 2.05 bits per heavy atom. The predicted octanol–water partition coefficient (Wildman–Crippen LogP) is 3.87. The minimum absolute atomic E-state index is 0.123. The van der Waals surface area contributed by atoms with Crippen molar-refractivity contribution >= 4 is 23.0 Å². The molecule has 0 aliphatic rings. The molecule has 0 atom stereocenters. The summed E-state index contributed by atoms with van der Waals surface area (Å²) in [5.74, 6) is 0.